The van der Waals surface area contributed by atoms with Crippen LogP contribution in [-0.4, -0.2) is 29.9 Å². The van der Waals surface area contributed by atoms with Crippen LogP contribution in [0.3, 0.4) is 0 Å². The molecule has 17 heavy (non-hydrogen) atoms. The summed E-state index contributed by atoms with van der Waals surface area (Å²) in [6, 6.07) is 0.399. The monoisotopic (exact) mass is 260 g/mol. The summed E-state index contributed by atoms with van der Waals surface area (Å²) in [4.78, 5) is 14.6. The van der Waals surface area contributed by atoms with Crippen molar-refractivity contribution in [3.63, 3.8) is 0 Å². The van der Waals surface area contributed by atoms with Crippen molar-refractivity contribution in [2.75, 3.05) is 13.1 Å². The number of rotatable bonds is 4. The molecule has 1 aliphatic heterocycles. The molecule has 1 saturated carbocycles. The van der Waals surface area contributed by atoms with Gasteiger partial charge in [0.1, 0.15) is 0 Å². The lowest BCUT2D eigenvalue weighted by Crippen LogP contribution is -2.39. The van der Waals surface area contributed by atoms with Crippen LogP contribution >= 0.6 is 12.4 Å². The Balaban J connectivity index is 0.00000144. The molecule has 0 radical (unpaired) electrons. The largest absolute Gasteiger partial charge is 0.339 e. The summed E-state index contributed by atoms with van der Waals surface area (Å²) in [6.45, 7) is 5.94. The smallest absolute Gasteiger partial charge is 0.229 e. The molecular formula is C13H25ClN2O. The maximum atomic E-state index is 12.5. The minimum absolute atomic E-state index is 0. The third-order valence-corrected chi connectivity index (χ3v) is 4.29. The lowest BCUT2D eigenvalue weighted by Gasteiger charge is -2.26. The van der Waals surface area contributed by atoms with Gasteiger partial charge in [0.05, 0.1) is 0 Å². The minimum Gasteiger partial charge on any atom is -0.339 e. The molecule has 1 saturated heterocycles. The Morgan fingerprint density at radius 2 is 2.12 bits per heavy atom. The van der Waals surface area contributed by atoms with E-state index in [0.29, 0.717) is 17.9 Å². The van der Waals surface area contributed by atoms with Gasteiger partial charge in [-0.15, -0.1) is 12.4 Å². The number of hydrogen-bond acceptors (Lipinski definition) is 2. The van der Waals surface area contributed by atoms with Gasteiger partial charge in [-0.2, -0.15) is 0 Å². The highest BCUT2D eigenvalue weighted by atomic mass is 35.5. The van der Waals surface area contributed by atoms with Crippen LogP contribution < -0.4 is 5.73 Å². The fourth-order valence-corrected chi connectivity index (χ4v) is 3.10. The second-order valence-electron chi connectivity index (χ2n) is 5.67. The van der Waals surface area contributed by atoms with Gasteiger partial charge in [0.15, 0.2) is 0 Å². The molecule has 2 rings (SSSR count). The Morgan fingerprint density at radius 1 is 1.47 bits per heavy atom. The zero-order valence-corrected chi connectivity index (χ0v) is 11.8. The molecule has 2 unspecified atom stereocenters. The first-order valence-corrected chi connectivity index (χ1v) is 6.64. The first kappa shape index (κ1) is 14.8. The van der Waals surface area contributed by atoms with Crippen molar-refractivity contribution in [1.29, 1.82) is 0 Å². The number of carbonyl (C=O) groups excluding carboxylic acids is 1. The molecule has 2 atom stereocenters. The van der Waals surface area contributed by atoms with E-state index in [2.05, 4.69) is 18.7 Å². The van der Waals surface area contributed by atoms with Crippen molar-refractivity contribution < 1.29 is 4.79 Å². The molecule has 2 fully saturated rings. The van der Waals surface area contributed by atoms with Crippen LogP contribution in [0.5, 0.6) is 0 Å². The molecule has 0 spiro atoms. The lowest BCUT2D eigenvalue weighted by molar-refractivity contribution is -0.138. The number of halogens is 1. The number of nitrogens with zero attached hydrogens (tertiary/aromatic N) is 1. The average molecular weight is 261 g/mol. The van der Waals surface area contributed by atoms with E-state index in [1.165, 1.54) is 0 Å². The van der Waals surface area contributed by atoms with Crippen molar-refractivity contribution in [3.05, 3.63) is 0 Å². The van der Waals surface area contributed by atoms with E-state index < -0.39 is 0 Å². The molecule has 0 aromatic rings. The van der Waals surface area contributed by atoms with Gasteiger partial charge >= 0.3 is 0 Å². The zero-order valence-electron chi connectivity index (χ0n) is 10.9. The van der Waals surface area contributed by atoms with E-state index in [9.17, 15) is 4.79 Å². The molecule has 0 aromatic heterocycles. The molecular weight excluding hydrogens is 236 g/mol. The highest BCUT2D eigenvalue weighted by Crippen LogP contribution is 2.51. The van der Waals surface area contributed by atoms with E-state index in [1.807, 2.05) is 0 Å². The standard InChI is InChI=1S/C13H24N2O.ClH/c1-3-4-13(5-6-13)12(16)15-9-11(8-14)7-10(15)2;/h10-11H,3-9,14H2,1-2H3;1H. The van der Waals surface area contributed by atoms with Crippen molar-refractivity contribution in [2.45, 2.75) is 52.0 Å². The van der Waals surface area contributed by atoms with Crippen LogP contribution in [0.15, 0.2) is 0 Å². The van der Waals surface area contributed by atoms with Crippen LogP contribution in [0, 0.1) is 11.3 Å². The molecule has 2 aliphatic rings. The number of amides is 1. The maximum absolute atomic E-state index is 12.5. The molecule has 1 amide bonds. The molecule has 0 aromatic carbocycles. The van der Waals surface area contributed by atoms with Gasteiger partial charge < -0.3 is 10.6 Å². The van der Waals surface area contributed by atoms with Crippen LogP contribution in [0.1, 0.15) is 46.0 Å². The Kier molecular flexibility index (Phi) is 4.85. The van der Waals surface area contributed by atoms with Crippen molar-refractivity contribution in [3.8, 4) is 0 Å². The van der Waals surface area contributed by atoms with Crippen LogP contribution in [-0.2, 0) is 4.79 Å². The number of nitrogens with two attached hydrogens (primary N) is 1. The van der Waals surface area contributed by atoms with Gasteiger partial charge in [0.2, 0.25) is 5.91 Å². The lowest BCUT2D eigenvalue weighted by atomic mass is 9.98. The third kappa shape index (κ3) is 2.76. The number of hydrogen-bond donors (Lipinski definition) is 1. The molecule has 3 nitrogen and oxygen atoms in total. The normalized spacial score (nSPS) is 29.9. The van der Waals surface area contributed by atoms with Crippen molar-refractivity contribution in [1.82, 2.24) is 4.90 Å². The van der Waals surface area contributed by atoms with Crippen molar-refractivity contribution in [2.24, 2.45) is 17.1 Å². The average Bonchev–Trinajstić information content (AvgIpc) is 2.95. The van der Waals surface area contributed by atoms with Crippen LogP contribution in [0.25, 0.3) is 0 Å². The van der Waals surface area contributed by atoms with Crippen LogP contribution in [0.2, 0.25) is 0 Å². The second-order valence-corrected chi connectivity index (χ2v) is 5.67. The second kappa shape index (κ2) is 5.57. The predicted octanol–water partition coefficient (Wildman–Crippen LogP) is 2.18. The fraction of sp³-hybridized carbons (Fsp3) is 0.923. The predicted molar refractivity (Wildman–Crippen MR) is 72.2 cm³/mol. The minimum atomic E-state index is 0. The highest BCUT2D eigenvalue weighted by molar-refractivity contribution is 5.86. The van der Waals surface area contributed by atoms with Gasteiger partial charge in [-0.05, 0) is 45.1 Å². The topological polar surface area (TPSA) is 46.3 Å². The Bertz CT molecular complexity index is 279. The molecule has 100 valence electrons. The van der Waals surface area contributed by atoms with Crippen LogP contribution in [0.4, 0.5) is 0 Å². The molecule has 1 heterocycles. The molecule has 1 aliphatic carbocycles. The molecule has 0 bridgehead atoms. The van der Waals surface area contributed by atoms with E-state index in [1.54, 1.807) is 0 Å². The van der Waals surface area contributed by atoms with Gasteiger partial charge in [-0.25, -0.2) is 0 Å². The SMILES string of the molecule is CCCC1(C(=O)N2CC(CN)CC2C)CC1.Cl. The highest BCUT2D eigenvalue weighted by Gasteiger charge is 2.52. The Morgan fingerprint density at radius 3 is 2.53 bits per heavy atom. The first-order valence-electron chi connectivity index (χ1n) is 6.64. The summed E-state index contributed by atoms with van der Waals surface area (Å²) >= 11 is 0. The van der Waals surface area contributed by atoms with E-state index in [-0.39, 0.29) is 17.8 Å². The van der Waals surface area contributed by atoms with E-state index in [4.69, 9.17) is 5.73 Å². The maximum Gasteiger partial charge on any atom is 0.229 e. The van der Waals surface area contributed by atoms with Gasteiger partial charge in [0, 0.05) is 18.0 Å². The Hall–Kier alpha value is -0.280. The first-order chi connectivity index (χ1) is 7.63. The summed E-state index contributed by atoms with van der Waals surface area (Å²) in [6.07, 6.45) is 5.49. The third-order valence-electron chi connectivity index (χ3n) is 4.29. The summed E-state index contributed by atoms with van der Waals surface area (Å²) in [7, 11) is 0. The Labute approximate surface area is 111 Å². The fourth-order valence-electron chi connectivity index (χ4n) is 3.10. The van der Waals surface area contributed by atoms with Gasteiger partial charge in [-0.1, -0.05) is 13.3 Å². The summed E-state index contributed by atoms with van der Waals surface area (Å²) < 4.78 is 0. The van der Waals surface area contributed by atoms with E-state index in [0.717, 1.165) is 45.2 Å². The van der Waals surface area contributed by atoms with E-state index >= 15 is 0 Å². The molecule has 4 heteroatoms. The summed E-state index contributed by atoms with van der Waals surface area (Å²) in [5.74, 6) is 0.939. The summed E-state index contributed by atoms with van der Waals surface area (Å²) in [5.41, 5.74) is 5.74. The quantitative estimate of drug-likeness (QED) is 0.842. The molecule has 2 N–H and O–H groups in total. The summed E-state index contributed by atoms with van der Waals surface area (Å²) in [5, 5.41) is 0. The zero-order chi connectivity index (χ0) is 11.8. The number of carbonyl (C=O) groups is 1. The number of likely N-dealkylation sites (tertiary alicyclic amines) is 1. The van der Waals surface area contributed by atoms with Gasteiger partial charge in [0.25, 0.3) is 0 Å². The van der Waals surface area contributed by atoms with Gasteiger partial charge in [-0.3, -0.25) is 4.79 Å². The van der Waals surface area contributed by atoms with Crippen molar-refractivity contribution >= 4 is 18.3 Å².